The first-order chi connectivity index (χ1) is 9.53. The van der Waals surface area contributed by atoms with Gasteiger partial charge in [0.1, 0.15) is 0 Å². The van der Waals surface area contributed by atoms with Crippen LogP contribution in [0, 0.1) is 13.8 Å². The largest absolute Gasteiger partial charge is 0.315 e. The molecule has 4 heteroatoms. The van der Waals surface area contributed by atoms with E-state index in [1.54, 1.807) is 0 Å². The third-order valence-corrected chi connectivity index (χ3v) is 5.44. The number of hydrogen-bond donors (Lipinski definition) is 1. The van der Waals surface area contributed by atoms with Crippen LogP contribution in [0.3, 0.4) is 0 Å². The minimum absolute atomic E-state index is 0.202. The smallest absolute Gasteiger partial charge is 0.0738 e. The summed E-state index contributed by atoms with van der Waals surface area (Å²) >= 11 is 3.69. The molecular formula is C16H20BrN3. The lowest BCUT2D eigenvalue weighted by atomic mass is 9.70. The van der Waals surface area contributed by atoms with Crippen molar-refractivity contribution in [2.24, 2.45) is 7.05 Å². The first-order valence-corrected chi connectivity index (χ1v) is 7.78. The molecule has 1 N–H and O–H groups in total. The molecule has 1 fully saturated rings. The Balaban J connectivity index is 2.01. The molecule has 0 atom stereocenters. The average Bonchev–Trinajstić information content (AvgIpc) is 2.61. The minimum Gasteiger partial charge on any atom is -0.315 e. The van der Waals surface area contributed by atoms with Gasteiger partial charge < -0.3 is 5.32 Å². The van der Waals surface area contributed by atoms with Crippen LogP contribution in [0.2, 0.25) is 0 Å². The van der Waals surface area contributed by atoms with Gasteiger partial charge in [0.05, 0.1) is 15.9 Å². The second-order valence-corrected chi connectivity index (χ2v) is 6.64. The van der Waals surface area contributed by atoms with Crippen molar-refractivity contribution in [3.63, 3.8) is 0 Å². The van der Waals surface area contributed by atoms with Gasteiger partial charge >= 0.3 is 0 Å². The van der Waals surface area contributed by atoms with E-state index in [2.05, 4.69) is 57.5 Å². The van der Waals surface area contributed by atoms with Crippen LogP contribution >= 0.6 is 15.9 Å². The van der Waals surface area contributed by atoms with Crippen LogP contribution in [0.15, 0.2) is 28.7 Å². The SMILES string of the molecule is Cc1ccccc1C1(Cc2c(Br)c(C)nn2C)CNC1. The van der Waals surface area contributed by atoms with E-state index in [1.807, 2.05) is 18.7 Å². The van der Waals surface area contributed by atoms with Crippen LogP contribution in [0.5, 0.6) is 0 Å². The zero-order valence-electron chi connectivity index (χ0n) is 12.2. The van der Waals surface area contributed by atoms with E-state index >= 15 is 0 Å². The fourth-order valence-electron chi connectivity index (χ4n) is 3.20. The van der Waals surface area contributed by atoms with E-state index in [1.165, 1.54) is 16.8 Å². The van der Waals surface area contributed by atoms with E-state index in [4.69, 9.17) is 0 Å². The summed E-state index contributed by atoms with van der Waals surface area (Å²) in [5.41, 5.74) is 5.39. The van der Waals surface area contributed by atoms with Crippen molar-refractivity contribution >= 4 is 15.9 Å². The van der Waals surface area contributed by atoms with Gasteiger partial charge in [-0.2, -0.15) is 5.10 Å². The molecule has 2 aromatic rings. The van der Waals surface area contributed by atoms with Gasteiger partial charge in [-0.05, 0) is 40.9 Å². The van der Waals surface area contributed by atoms with Crippen LogP contribution in [0.4, 0.5) is 0 Å². The number of nitrogens with one attached hydrogen (secondary N) is 1. The highest BCUT2D eigenvalue weighted by Gasteiger charge is 2.40. The van der Waals surface area contributed by atoms with Crippen LogP contribution in [-0.4, -0.2) is 22.9 Å². The number of aromatic nitrogens is 2. The fraction of sp³-hybridized carbons (Fsp3) is 0.438. The highest BCUT2D eigenvalue weighted by molar-refractivity contribution is 9.10. The lowest BCUT2D eigenvalue weighted by molar-refractivity contribution is 0.268. The topological polar surface area (TPSA) is 29.9 Å². The number of hydrogen-bond acceptors (Lipinski definition) is 2. The van der Waals surface area contributed by atoms with Crippen LogP contribution in [0.1, 0.15) is 22.5 Å². The van der Waals surface area contributed by atoms with E-state index < -0.39 is 0 Å². The van der Waals surface area contributed by atoms with Gasteiger partial charge in [-0.15, -0.1) is 0 Å². The molecule has 3 rings (SSSR count). The molecule has 1 aliphatic heterocycles. The second-order valence-electron chi connectivity index (χ2n) is 5.85. The van der Waals surface area contributed by atoms with E-state index in [0.717, 1.165) is 29.7 Å². The van der Waals surface area contributed by atoms with Crippen molar-refractivity contribution in [3.05, 3.63) is 51.3 Å². The summed E-state index contributed by atoms with van der Waals surface area (Å²) in [7, 11) is 2.03. The summed E-state index contributed by atoms with van der Waals surface area (Å²) in [4.78, 5) is 0. The molecule has 20 heavy (non-hydrogen) atoms. The average molecular weight is 334 g/mol. The number of benzene rings is 1. The predicted octanol–water partition coefficient (Wildman–Crippen LogP) is 2.88. The van der Waals surface area contributed by atoms with Gasteiger partial charge in [0.2, 0.25) is 0 Å². The van der Waals surface area contributed by atoms with Crippen molar-refractivity contribution in [1.82, 2.24) is 15.1 Å². The highest BCUT2D eigenvalue weighted by Crippen LogP contribution is 2.36. The minimum atomic E-state index is 0.202. The molecule has 106 valence electrons. The van der Waals surface area contributed by atoms with Gasteiger partial charge in [0.25, 0.3) is 0 Å². The molecule has 0 aliphatic carbocycles. The quantitative estimate of drug-likeness (QED) is 0.935. The maximum absolute atomic E-state index is 4.52. The second kappa shape index (κ2) is 5.01. The standard InChI is InChI=1S/C16H20BrN3/c1-11-6-4-5-7-13(11)16(9-18-10-16)8-14-15(17)12(2)19-20(14)3/h4-7,18H,8-10H2,1-3H3. The molecule has 1 aromatic heterocycles. The Morgan fingerprint density at radius 2 is 2.00 bits per heavy atom. The van der Waals surface area contributed by atoms with Gasteiger partial charge in [0, 0.05) is 32.0 Å². The Morgan fingerprint density at radius 3 is 2.50 bits per heavy atom. The molecule has 0 bridgehead atoms. The summed E-state index contributed by atoms with van der Waals surface area (Å²) in [5, 5.41) is 7.97. The maximum Gasteiger partial charge on any atom is 0.0738 e. The number of nitrogens with zero attached hydrogens (tertiary/aromatic N) is 2. The Kier molecular flexibility index (Phi) is 3.46. The molecule has 0 amide bonds. The Hall–Kier alpha value is -1.13. The van der Waals surface area contributed by atoms with Crippen LogP contribution in [-0.2, 0) is 18.9 Å². The van der Waals surface area contributed by atoms with Gasteiger partial charge in [-0.25, -0.2) is 0 Å². The molecule has 0 saturated carbocycles. The van der Waals surface area contributed by atoms with Gasteiger partial charge in [0.15, 0.2) is 0 Å². The fourth-order valence-corrected chi connectivity index (χ4v) is 3.67. The summed E-state index contributed by atoms with van der Waals surface area (Å²) < 4.78 is 3.16. The molecule has 0 spiro atoms. The third kappa shape index (κ3) is 2.11. The molecule has 1 saturated heterocycles. The molecule has 1 aromatic carbocycles. The molecular weight excluding hydrogens is 314 g/mol. The van der Waals surface area contributed by atoms with Crippen molar-refractivity contribution in [2.75, 3.05) is 13.1 Å². The summed E-state index contributed by atoms with van der Waals surface area (Å²) in [5.74, 6) is 0. The maximum atomic E-state index is 4.52. The first-order valence-electron chi connectivity index (χ1n) is 6.98. The van der Waals surface area contributed by atoms with Crippen LogP contribution in [0.25, 0.3) is 0 Å². The van der Waals surface area contributed by atoms with Gasteiger partial charge in [-0.3, -0.25) is 4.68 Å². The van der Waals surface area contributed by atoms with E-state index in [0.29, 0.717) is 0 Å². The van der Waals surface area contributed by atoms with E-state index in [9.17, 15) is 0 Å². The Morgan fingerprint density at radius 1 is 1.30 bits per heavy atom. The first kappa shape index (κ1) is 13.8. The summed E-state index contributed by atoms with van der Waals surface area (Å²) in [6.45, 7) is 6.33. The highest BCUT2D eigenvalue weighted by atomic mass is 79.9. The lowest BCUT2D eigenvalue weighted by Crippen LogP contribution is -2.58. The zero-order chi connectivity index (χ0) is 14.3. The van der Waals surface area contributed by atoms with E-state index in [-0.39, 0.29) is 5.41 Å². The predicted molar refractivity (Wildman–Crippen MR) is 85.1 cm³/mol. The van der Waals surface area contributed by atoms with Crippen molar-refractivity contribution in [2.45, 2.75) is 25.7 Å². The van der Waals surface area contributed by atoms with Gasteiger partial charge in [-0.1, -0.05) is 24.3 Å². The van der Waals surface area contributed by atoms with Crippen molar-refractivity contribution in [3.8, 4) is 0 Å². The van der Waals surface area contributed by atoms with Crippen LogP contribution < -0.4 is 5.32 Å². The molecule has 1 aliphatic rings. The summed E-state index contributed by atoms with van der Waals surface area (Å²) in [6, 6.07) is 8.74. The number of halogens is 1. The monoisotopic (exact) mass is 333 g/mol. The van der Waals surface area contributed by atoms with Crippen molar-refractivity contribution < 1.29 is 0 Å². The molecule has 0 radical (unpaired) electrons. The molecule has 0 unspecified atom stereocenters. The summed E-state index contributed by atoms with van der Waals surface area (Å²) in [6.07, 6.45) is 1.02. The van der Waals surface area contributed by atoms with Crippen molar-refractivity contribution in [1.29, 1.82) is 0 Å². The zero-order valence-corrected chi connectivity index (χ0v) is 13.8. The lowest BCUT2D eigenvalue weighted by Gasteiger charge is -2.44. The number of rotatable bonds is 3. The Labute approximate surface area is 128 Å². The molecule has 2 heterocycles. The molecule has 3 nitrogen and oxygen atoms in total. The third-order valence-electron chi connectivity index (χ3n) is 4.41. The Bertz CT molecular complexity index is 641. The normalized spacial score (nSPS) is 17.0. The number of aryl methyl sites for hydroxylation is 3.